The van der Waals surface area contributed by atoms with Crippen LogP contribution in [0.25, 0.3) is 0 Å². The SMILES string of the molecule is CC(C)(C)C.O=C1/C(=C\O)C2Cc3ccccc3C2N1C(=O)C1CCC1. The minimum absolute atomic E-state index is 0.0135. The Balaban J connectivity index is 0.000000349. The molecule has 2 atom stereocenters. The van der Waals surface area contributed by atoms with Crippen LogP contribution in [-0.4, -0.2) is 21.8 Å². The van der Waals surface area contributed by atoms with Crippen LogP contribution in [0.1, 0.15) is 64.1 Å². The highest BCUT2D eigenvalue weighted by Gasteiger charge is 2.53. The zero-order valence-electron chi connectivity index (χ0n) is 16.2. The molecule has 1 aliphatic heterocycles. The van der Waals surface area contributed by atoms with Crippen molar-refractivity contribution in [2.24, 2.45) is 17.3 Å². The van der Waals surface area contributed by atoms with Gasteiger partial charge in [0.2, 0.25) is 5.91 Å². The van der Waals surface area contributed by atoms with Gasteiger partial charge >= 0.3 is 0 Å². The molecule has 1 aromatic carbocycles. The molecule has 0 radical (unpaired) electrons. The molecule has 3 aliphatic rings. The van der Waals surface area contributed by atoms with Crippen LogP contribution in [0.5, 0.6) is 0 Å². The first kappa shape index (κ1) is 18.7. The van der Waals surface area contributed by atoms with Crippen LogP contribution in [0.2, 0.25) is 0 Å². The van der Waals surface area contributed by atoms with E-state index in [1.54, 1.807) is 0 Å². The summed E-state index contributed by atoms with van der Waals surface area (Å²) in [5.74, 6) is -0.474. The Labute approximate surface area is 155 Å². The molecule has 26 heavy (non-hydrogen) atoms. The maximum Gasteiger partial charge on any atom is 0.260 e. The quantitative estimate of drug-likeness (QED) is 0.456. The van der Waals surface area contributed by atoms with Gasteiger partial charge < -0.3 is 5.11 Å². The standard InChI is InChI=1S/C17H17NO3.C5H12/c19-9-14-13-8-11-4-1-2-7-12(11)15(13)18(17(14)21)16(20)10-5-3-6-10;1-5(2,3)4/h1-2,4,7,9-10,13,15,19H,3,5-6,8H2;1-4H3/b14-9-;. The number of aliphatic hydroxyl groups excluding tert-OH is 1. The summed E-state index contributed by atoms with van der Waals surface area (Å²) in [5.41, 5.74) is 3.11. The molecular formula is C22H29NO3. The molecule has 1 saturated carbocycles. The number of hydrogen-bond acceptors (Lipinski definition) is 3. The Hall–Kier alpha value is -2.10. The second kappa shape index (κ2) is 6.90. The topological polar surface area (TPSA) is 57.6 Å². The van der Waals surface area contributed by atoms with Crippen molar-refractivity contribution in [2.75, 3.05) is 0 Å². The number of hydrogen-bond donors (Lipinski definition) is 1. The van der Waals surface area contributed by atoms with Gasteiger partial charge in [-0.25, -0.2) is 0 Å². The summed E-state index contributed by atoms with van der Waals surface area (Å²) >= 11 is 0. The highest BCUT2D eigenvalue weighted by molar-refractivity contribution is 6.08. The van der Waals surface area contributed by atoms with Crippen molar-refractivity contribution in [1.82, 2.24) is 4.90 Å². The summed E-state index contributed by atoms with van der Waals surface area (Å²) < 4.78 is 0. The fourth-order valence-electron chi connectivity index (χ4n) is 3.84. The lowest BCUT2D eigenvalue weighted by Gasteiger charge is -2.31. The summed E-state index contributed by atoms with van der Waals surface area (Å²) in [6.07, 6.45) is 4.43. The van der Waals surface area contributed by atoms with Crippen LogP contribution >= 0.6 is 0 Å². The molecule has 4 heteroatoms. The number of aliphatic hydroxyl groups is 1. The van der Waals surface area contributed by atoms with Crippen LogP contribution in [0.15, 0.2) is 36.1 Å². The van der Waals surface area contributed by atoms with Gasteiger partial charge in [-0.05, 0) is 35.8 Å². The highest BCUT2D eigenvalue weighted by Crippen LogP contribution is 2.50. The molecule has 1 heterocycles. The van der Waals surface area contributed by atoms with E-state index in [1.807, 2.05) is 24.3 Å². The van der Waals surface area contributed by atoms with Gasteiger partial charge in [-0.1, -0.05) is 58.4 Å². The number of fused-ring (bicyclic) bond motifs is 3. The smallest absolute Gasteiger partial charge is 0.260 e. The zero-order chi connectivity index (χ0) is 19.1. The van der Waals surface area contributed by atoms with E-state index in [2.05, 4.69) is 27.7 Å². The third-order valence-electron chi connectivity index (χ3n) is 5.17. The highest BCUT2D eigenvalue weighted by atomic mass is 16.2. The molecule has 4 nitrogen and oxygen atoms in total. The lowest BCUT2D eigenvalue weighted by molar-refractivity contribution is -0.148. The van der Waals surface area contributed by atoms with Crippen molar-refractivity contribution in [3.05, 3.63) is 47.2 Å². The molecule has 2 unspecified atom stereocenters. The predicted octanol–water partition coefficient (Wildman–Crippen LogP) is 4.56. The Kier molecular flexibility index (Phi) is 4.96. The van der Waals surface area contributed by atoms with Crippen LogP contribution in [-0.2, 0) is 16.0 Å². The summed E-state index contributed by atoms with van der Waals surface area (Å²) in [5, 5.41) is 9.45. The molecular weight excluding hydrogens is 326 g/mol. The minimum atomic E-state index is -0.307. The molecule has 2 fully saturated rings. The lowest BCUT2D eigenvalue weighted by atomic mass is 9.84. The van der Waals surface area contributed by atoms with Gasteiger partial charge in [0, 0.05) is 11.8 Å². The van der Waals surface area contributed by atoms with Crippen molar-refractivity contribution in [3.63, 3.8) is 0 Å². The van der Waals surface area contributed by atoms with Gasteiger partial charge in [0.05, 0.1) is 17.9 Å². The summed E-state index contributed by atoms with van der Waals surface area (Å²) in [4.78, 5) is 26.6. The maximum atomic E-state index is 12.6. The van der Waals surface area contributed by atoms with E-state index in [9.17, 15) is 14.7 Å². The first-order valence-electron chi connectivity index (χ1n) is 9.52. The average Bonchev–Trinajstić information content (AvgIpc) is 2.96. The molecule has 0 aromatic heterocycles. The lowest BCUT2D eigenvalue weighted by Crippen LogP contribution is -2.41. The molecule has 2 aliphatic carbocycles. The average molecular weight is 355 g/mol. The van der Waals surface area contributed by atoms with Crippen LogP contribution < -0.4 is 0 Å². The van der Waals surface area contributed by atoms with Crippen molar-refractivity contribution < 1.29 is 14.7 Å². The van der Waals surface area contributed by atoms with E-state index in [1.165, 1.54) is 10.5 Å². The minimum Gasteiger partial charge on any atom is -0.515 e. The third-order valence-corrected chi connectivity index (χ3v) is 5.17. The molecule has 0 spiro atoms. The zero-order valence-corrected chi connectivity index (χ0v) is 16.2. The van der Waals surface area contributed by atoms with Gasteiger partial charge in [0.15, 0.2) is 0 Å². The summed E-state index contributed by atoms with van der Waals surface area (Å²) in [7, 11) is 0. The summed E-state index contributed by atoms with van der Waals surface area (Å²) in [6.45, 7) is 8.75. The van der Waals surface area contributed by atoms with E-state index in [-0.39, 0.29) is 29.7 Å². The monoisotopic (exact) mass is 355 g/mol. The molecule has 1 aromatic rings. The van der Waals surface area contributed by atoms with Crippen LogP contribution in [0.3, 0.4) is 0 Å². The number of benzene rings is 1. The number of rotatable bonds is 1. The number of nitrogens with zero attached hydrogens (tertiary/aromatic N) is 1. The number of amides is 2. The van der Waals surface area contributed by atoms with Gasteiger partial charge in [-0.2, -0.15) is 0 Å². The van der Waals surface area contributed by atoms with Gasteiger partial charge in [0.1, 0.15) is 0 Å². The maximum absolute atomic E-state index is 12.6. The first-order chi connectivity index (χ1) is 12.2. The van der Waals surface area contributed by atoms with Gasteiger partial charge in [0.25, 0.3) is 5.91 Å². The van der Waals surface area contributed by atoms with E-state index in [0.717, 1.165) is 31.1 Å². The number of imide groups is 1. The van der Waals surface area contributed by atoms with E-state index in [4.69, 9.17) is 0 Å². The van der Waals surface area contributed by atoms with Crippen LogP contribution in [0, 0.1) is 17.3 Å². The van der Waals surface area contributed by atoms with Crippen LogP contribution in [0.4, 0.5) is 0 Å². The van der Waals surface area contributed by atoms with E-state index < -0.39 is 0 Å². The van der Waals surface area contributed by atoms with Gasteiger partial charge in [-0.3, -0.25) is 14.5 Å². The number of carbonyl (C=O) groups excluding carboxylic acids is 2. The molecule has 140 valence electrons. The molecule has 1 N–H and O–H groups in total. The second-order valence-corrected chi connectivity index (χ2v) is 9.18. The first-order valence-corrected chi connectivity index (χ1v) is 9.52. The van der Waals surface area contributed by atoms with Crippen molar-refractivity contribution in [1.29, 1.82) is 0 Å². The molecule has 4 rings (SSSR count). The fourth-order valence-corrected chi connectivity index (χ4v) is 3.84. The Morgan fingerprint density at radius 3 is 2.35 bits per heavy atom. The third kappa shape index (κ3) is 3.42. The molecule has 2 amide bonds. The largest absolute Gasteiger partial charge is 0.515 e. The van der Waals surface area contributed by atoms with E-state index in [0.29, 0.717) is 17.4 Å². The number of carbonyl (C=O) groups is 2. The van der Waals surface area contributed by atoms with Gasteiger partial charge in [-0.15, -0.1) is 0 Å². The molecule has 0 bridgehead atoms. The predicted molar refractivity (Wildman–Crippen MR) is 101 cm³/mol. The summed E-state index contributed by atoms with van der Waals surface area (Å²) in [6, 6.07) is 7.73. The Morgan fingerprint density at radius 2 is 1.81 bits per heavy atom. The van der Waals surface area contributed by atoms with Crippen molar-refractivity contribution in [2.45, 2.75) is 59.4 Å². The molecule has 1 saturated heterocycles. The van der Waals surface area contributed by atoms with Crippen molar-refractivity contribution >= 4 is 11.8 Å². The number of likely N-dealkylation sites (tertiary alicyclic amines) is 1. The Bertz CT molecular complexity index is 734. The van der Waals surface area contributed by atoms with E-state index >= 15 is 0 Å². The normalized spacial score (nSPS) is 26.1. The second-order valence-electron chi connectivity index (χ2n) is 9.18. The fraction of sp³-hybridized carbons (Fsp3) is 0.545. The van der Waals surface area contributed by atoms with Crippen molar-refractivity contribution in [3.8, 4) is 0 Å². The Morgan fingerprint density at radius 1 is 1.19 bits per heavy atom.